The number of aromatic nitrogens is 1. The number of rotatable bonds is 5. The van der Waals surface area contributed by atoms with E-state index in [1.165, 1.54) is 16.0 Å². The lowest BCUT2D eigenvalue weighted by molar-refractivity contribution is 0.0926. The highest BCUT2D eigenvalue weighted by Gasteiger charge is 2.39. The number of imide groups is 1. The normalized spacial score (nSPS) is 12.6. The molecule has 0 saturated carbocycles. The average molecular weight is 645 g/mol. The third-order valence-electron chi connectivity index (χ3n) is 10.0. The van der Waals surface area contributed by atoms with E-state index in [1.54, 1.807) is 6.07 Å². The minimum Gasteiger partial charge on any atom is -0.308 e. The number of aryl methyl sites for hydroxylation is 2. The van der Waals surface area contributed by atoms with Gasteiger partial charge in [-0.05, 0) is 94.8 Å². The number of nitrogens with zero attached hydrogens (tertiary/aromatic N) is 2. The van der Waals surface area contributed by atoms with Crippen molar-refractivity contribution in [3.63, 3.8) is 0 Å². The van der Waals surface area contributed by atoms with E-state index in [1.807, 2.05) is 66.7 Å². The summed E-state index contributed by atoms with van der Waals surface area (Å²) in [6.45, 7) is 4.25. The largest absolute Gasteiger partial charge is 0.308 e. The van der Waals surface area contributed by atoms with Crippen molar-refractivity contribution in [1.82, 2.24) is 4.57 Å². The molecule has 0 radical (unpaired) electrons. The fraction of sp³-hybridized carbons (Fsp3) is 0.0435. The molecular formula is C46H32N2O2. The van der Waals surface area contributed by atoms with Crippen LogP contribution in [0.1, 0.15) is 31.8 Å². The maximum Gasteiger partial charge on any atom is 0.268 e. The monoisotopic (exact) mass is 644 g/mol. The lowest BCUT2D eigenvalue weighted by atomic mass is 9.98. The van der Waals surface area contributed by atoms with Crippen LogP contribution in [0.3, 0.4) is 0 Å². The van der Waals surface area contributed by atoms with Crippen molar-refractivity contribution in [2.75, 3.05) is 4.90 Å². The Labute approximate surface area is 290 Å². The number of carbonyl (C=O) groups is 2. The summed E-state index contributed by atoms with van der Waals surface area (Å²) in [5.74, 6) is -0.644. The molecule has 0 saturated heterocycles. The molecule has 2 heterocycles. The number of hydrogen-bond acceptors (Lipinski definition) is 2. The maximum atomic E-state index is 14.5. The summed E-state index contributed by atoms with van der Waals surface area (Å²) >= 11 is 0. The van der Waals surface area contributed by atoms with E-state index in [9.17, 15) is 9.59 Å². The number of amides is 2. The zero-order chi connectivity index (χ0) is 33.9. The minimum absolute atomic E-state index is 0.318. The molecule has 0 fully saturated rings. The lowest BCUT2D eigenvalue weighted by Crippen LogP contribution is -2.29. The molecule has 7 aromatic carbocycles. The molecule has 0 N–H and O–H groups in total. The number of anilines is 1. The Balaban J connectivity index is 1.25. The van der Waals surface area contributed by atoms with E-state index in [0.29, 0.717) is 22.5 Å². The van der Waals surface area contributed by atoms with Gasteiger partial charge >= 0.3 is 0 Å². The first kappa shape index (κ1) is 29.6. The van der Waals surface area contributed by atoms with Crippen molar-refractivity contribution in [3.8, 4) is 39.1 Å². The van der Waals surface area contributed by atoms with Gasteiger partial charge in [0, 0.05) is 10.8 Å². The highest BCUT2D eigenvalue weighted by molar-refractivity contribution is 6.35. The summed E-state index contributed by atoms with van der Waals surface area (Å²) < 4.78 is 2.18. The van der Waals surface area contributed by atoms with Crippen LogP contribution in [0, 0.1) is 13.8 Å². The molecule has 1 aromatic heterocycles. The number of fused-ring (bicyclic) bond motifs is 4. The van der Waals surface area contributed by atoms with Crippen LogP contribution in [0.15, 0.2) is 158 Å². The Morgan fingerprint density at radius 2 is 0.920 bits per heavy atom. The molecule has 4 heteroatoms. The number of carbonyl (C=O) groups excluding carboxylic acids is 2. The van der Waals surface area contributed by atoms with Crippen LogP contribution in [0.5, 0.6) is 0 Å². The average Bonchev–Trinajstić information content (AvgIpc) is 3.61. The fourth-order valence-corrected chi connectivity index (χ4v) is 7.53. The van der Waals surface area contributed by atoms with Crippen molar-refractivity contribution in [3.05, 3.63) is 180 Å². The molecule has 0 atom stereocenters. The van der Waals surface area contributed by atoms with Crippen LogP contribution in [-0.4, -0.2) is 16.4 Å². The number of hydrogen-bond donors (Lipinski definition) is 0. The second-order valence-corrected chi connectivity index (χ2v) is 13.0. The Bertz CT molecular complexity index is 2550. The standard InChI is InChI=1S/C46H32N2O2/c1-29-11-6-8-15-36(29)33-21-25-38-39-26-22-34(37-16-9-7-12-30(37)2)28-43(39)48(42(38)27-33)41-18-10-17-40-44(41)46(50)47(45(40)49)35-23-19-32(20-24-35)31-13-4-3-5-14-31/h3-28H,1-2H3. The first-order chi connectivity index (χ1) is 24.5. The van der Waals surface area contributed by atoms with E-state index in [2.05, 4.69) is 103 Å². The fourth-order valence-electron chi connectivity index (χ4n) is 7.53. The van der Waals surface area contributed by atoms with Crippen LogP contribution >= 0.6 is 0 Å². The van der Waals surface area contributed by atoms with Gasteiger partial charge in [-0.2, -0.15) is 0 Å². The smallest absolute Gasteiger partial charge is 0.268 e. The first-order valence-corrected chi connectivity index (χ1v) is 16.9. The molecule has 0 spiro atoms. The second kappa shape index (κ2) is 11.6. The van der Waals surface area contributed by atoms with E-state index >= 15 is 0 Å². The van der Waals surface area contributed by atoms with Crippen LogP contribution < -0.4 is 4.90 Å². The van der Waals surface area contributed by atoms with Crippen molar-refractivity contribution in [2.24, 2.45) is 0 Å². The van der Waals surface area contributed by atoms with Crippen molar-refractivity contribution >= 4 is 39.3 Å². The van der Waals surface area contributed by atoms with E-state index in [0.717, 1.165) is 55.2 Å². The highest BCUT2D eigenvalue weighted by Crippen LogP contribution is 2.41. The topological polar surface area (TPSA) is 42.3 Å². The van der Waals surface area contributed by atoms with Crippen LogP contribution in [-0.2, 0) is 0 Å². The number of benzene rings is 7. The summed E-state index contributed by atoms with van der Waals surface area (Å²) in [7, 11) is 0. The van der Waals surface area contributed by atoms with Crippen molar-refractivity contribution < 1.29 is 9.59 Å². The minimum atomic E-state index is -0.326. The zero-order valence-corrected chi connectivity index (χ0v) is 27.7. The van der Waals surface area contributed by atoms with Gasteiger partial charge in [0.25, 0.3) is 11.8 Å². The third kappa shape index (κ3) is 4.61. The molecule has 9 rings (SSSR count). The van der Waals surface area contributed by atoms with Gasteiger partial charge in [-0.15, -0.1) is 0 Å². The summed E-state index contributed by atoms with van der Waals surface area (Å²) in [5, 5.41) is 2.16. The van der Waals surface area contributed by atoms with Gasteiger partial charge in [-0.1, -0.05) is 121 Å². The van der Waals surface area contributed by atoms with Gasteiger partial charge in [-0.25, -0.2) is 4.90 Å². The molecule has 1 aliphatic heterocycles. The molecule has 2 amide bonds. The Hall–Kier alpha value is -6.52. The van der Waals surface area contributed by atoms with Gasteiger partial charge < -0.3 is 4.57 Å². The van der Waals surface area contributed by atoms with Gasteiger partial charge in [0.05, 0.1) is 33.5 Å². The maximum absolute atomic E-state index is 14.5. The Kier molecular flexibility index (Phi) is 6.85. The molecule has 50 heavy (non-hydrogen) atoms. The van der Waals surface area contributed by atoms with Gasteiger partial charge in [0.15, 0.2) is 0 Å². The summed E-state index contributed by atoms with van der Waals surface area (Å²) in [6, 6.07) is 53.2. The quantitative estimate of drug-likeness (QED) is 0.175. The van der Waals surface area contributed by atoms with Crippen molar-refractivity contribution in [1.29, 1.82) is 0 Å². The summed E-state index contributed by atoms with van der Waals surface area (Å²) in [4.78, 5) is 29.9. The van der Waals surface area contributed by atoms with Crippen LogP contribution in [0.4, 0.5) is 5.69 Å². The summed E-state index contributed by atoms with van der Waals surface area (Å²) in [5.41, 5.74) is 13.0. The molecule has 0 aliphatic carbocycles. The van der Waals surface area contributed by atoms with E-state index in [4.69, 9.17) is 0 Å². The highest BCUT2D eigenvalue weighted by atomic mass is 16.2. The predicted octanol–water partition coefficient (Wildman–Crippen LogP) is 11.2. The molecule has 4 nitrogen and oxygen atoms in total. The predicted molar refractivity (Wildman–Crippen MR) is 204 cm³/mol. The summed E-state index contributed by atoms with van der Waals surface area (Å²) in [6.07, 6.45) is 0. The van der Waals surface area contributed by atoms with E-state index in [-0.39, 0.29) is 11.8 Å². The molecule has 0 bridgehead atoms. The Morgan fingerprint density at radius 1 is 0.420 bits per heavy atom. The second-order valence-electron chi connectivity index (χ2n) is 13.0. The van der Waals surface area contributed by atoms with Gasteiger partial charge in [-0.3, -0.25) is 9.59 Å². The third-order valence-corrected chi connectivity index (χ3v) is 10.0. The molecule has 1 aliphatic rings. The SMILES string of the molecule is Cc1ccccc1-c1ccc2c3ccc(-c4ccccc4C)cc3n(-c3cccc4c3C(=O)N(c3ccc(-c5ccccc5)cc3)C4=O)c2c1. The molecular weight excluding hydrogens is 613 g/mol. The lowest BCUT2D eigenvalue weighted by Gasteiger charge is -2.16. The van der Waals surface area contributed by atoms with Crippen LogP contribution in [0.25, 0.3) is 60.9 Å². The van der Waals surface area contributed by atoms with Gasteiger partial charge in [0.2, 0.25) is 0 Å². The molecule has 238 valence electrons. The van der Waals surface area contributed by atoms with Gasteiger partial charge in [0.1, 0.15) is 0 Å². The van der Waals surface area contributed by atoms with Crippen molar-refractivity contribution in [2.45, 2.75) is 13.8 Å². The molecule has 0 unspecified atom stereocenters. The zero-order valence-electron chi connectivity index (χ0n) is 27.7. The van der Waals surface area contributed by atoms with E-state index < -0.39 is 0 Å². The van der Waals surface area contributed by atoms with Crippen LogP contribution in [0.2, 0.25) is 0 Å². The molecule has 8 aromatic rings. The Morgan fingerprint density at radius 3 is 1.50 bits per heavy atom. The first-order valence-electron chi connectivity index (χ1n) is 16.9.